The molecule has 2 rings (SSSR count). The number of aryl methyl sites for hydroxylation is 2. The highest BCUT2D eigenvalue weighted by Crippen LogP contribution is 2.28. The van der Waals surface area contributed by atoms with Crippen molar-refractivity contribution in [2.75, 3.05) is 0 Å². The van der Waals surface area contributed by atoms with Gasteiger partial charge in [-0.05, 0) is 49.1 Å². The van der Waals surface area contributed by atoms with Crippen molar-refractivity contribution in [1.82, 2.24) is 4.98 Å². The van der Waals surface area contributed by atoms with Crippen LogP contribution in [0.25, 0.3) is 0 Å². The lowest BCUT2D eigenvalue weighted by atomic mass is 10.00. The molecule has 1 heterocycles. The van der Waals surface area contributed by atoms with Crippen molar-refractivity contribution < 1.29 is 17.6 Å². The molecule has 0 aliphatic heterocycles. The zero-order valence-electron chi connectivity index (χ0n) is 12.0. The van der Waals surface area contributed by atoms with Crippen molar-refractivity contribution in [2.45, 2.75) is 32.0 Å². The minimum absolute atomic E-state index is 0.291. The summed E-state index contributed by atoms with van der Waals surface area (Å²) in [6.07, 6.45) is -2.59. The summed E-state index contributed by atoms with van der Waals surface area (Å²) in [6, 6.07) is 6.71. The van der Waals surface area contributed by atoms with Gasteiger partial charge in [-0.15, -0.1) is 0 Å². The number of halogens is 4. The van der Waals surface area contributed by atoms with Crippen molar-refractivity contribution in [2.24, 2.45) is 5.73 Å². The molecule has 0 saturated carbocycles. The Balaban J connectivity index is 1.98. The van der Waals surface area contributed by atoms with Crippen molar-refractivity contribution in [1.29, 1.82) is 0 Å². The topological polar surface area (TPSA) is 38.9 Å². The lowest BCUT2D eigenvalue weighted by Crippen LogP contribution is -2.12. The normalized spacial score (nSPS) is 13.2. The fourth-order valence-electron chi connectivity index (χ4n) is 2.11. The van der Waals surface area contributed by atoms with E-state index in [2.05, 4.69) is 4.98 Å². The maximum absolute atomic E-state index is 13.2. The van der Waals surface area contributed by atoms with Gasteiger partial charge in [0, 0.05) is 17.9 Å². The van der Waals surface area contributed by atoms with Gasteiger partial charge in [0.2, 0.25) is 0 Å². The van der Waals surface area contributed by atoms with Crippen LogP contribution in [0.15, 0.2) is 36.5 Å². The van der Waals surface area contributed by atoms with Crippen LogP contribution >= 0.6 is 0 Å². The second kappa shape index (κ2) is 6.44. The quantitative estimate of drug-likeness (QED) is 0.860. The number of aromatic nitrogens is 1. The molecule has 0 bridgehead atoms. The van der Waals surface area contributed by atoms with Crippen LogP contribution < -0.4 is 5.73 Å². The van der Waals surface area contributed by atoms with E-state index in [0.29, 0.717) is 24.1 Å². The largest absolute Gasteiger partial charge is 0.417 e. The monoisotopic (exact) mass is 312 g/mol. The Morgan fingerprint density at radius 2 is 1.91 bits per heavy atom. The van der Waals surface area contributed by atoms with Crippen LogP contribution in [-0.4, -0.2) is 4.98 Å². The third-order valence-electron chi connectivity index (χ3n) is 3.47. The predicted molar refractivity (Wildman–Crippen MR) is 75.6 cm³/mol. The number of alkyl halides is 3. The second-order valence-electron chi connectivity index (χ2n) is 5.19. The number of nitrogens with zero attached hydrogens (tertiary/aromatic N) is 1. The Labute approximate surface area is 126 Å². The minimum Gasteiger partial charge on any atom is -0.324 e. The molecule has 0 spiro atoms. The van der Waals surface area contributed by atoms with Crippen LogP contribution in [0.2, 0.25) is 0 Å². The van der Waals surface area contributed by atoms with Gasteiger partial charge in [0.25, 0.3) is 0 Å². The average molecular weight is 312 g/mol. The predicted octanol–water partition coefficient (Wildman–Crippen LogP) is 4.18. The van der Waals surface area contributed by atoms with Gasteiger partial charge in [0.1, 0.15) is 5.82 Å². The molecule has 0 amide bonds. The molecule has 6 heteroatoms. The second-order valence-corrected chi connectivity index (χ2v) is 5.19. The third kappa shape index (κ3) is 4.04. The summed E-state index contributed by atoms with van der Waals surface area (Å²) in [4.78, 5) is 3.81. The third-order valence-corrected chi connectivity index (χ3v) is 3.47. The molecule has 0 saturated heterocycles. The van der Waals surface area contributed by atoms with Gasteiger partial charge in [0.05, 0.1) is 5.56 Å². The fourth-order valence-corrected chi connectivity index (χ4v) is 2.11. The summed E-state index contributed by atoms with van der Waals surface area (Å²) < 4.78 is 50.5. The van der Waals surface area contributed by atoms with E-state index in [1.54, 1.807) is 19.1 Å². The summed E-state index contributed by atoms with van der Waals surface area (Å²) in [7, 11) is 0. The van der Waals surface area contributed by atoms with Gasteiger partial charge in [0.15, 0.2) is 0 Å². The van der Waals surface area contributed by atoms with Gasteiger partial charge in [-0.2, -0.15) is 13.2 Å². The maximum Gasteiger partial charge on any atom is 0.417 e. The number of nitrogens with two attached hydrogens (primary N) is 1. The summed E-state index contributed by atoms with van der Waals surface area (Å²) in [6.45, 7) is 1.66. The molecule has 0 aliphatic rings. The highest BCUT2D eigenvalue weighted by Gasteiger charge is 2.30. The Morgan fingerprint density at radius 3 is 2.45 bits per heavy atom. The number of rotatable bonds is 4. The Hall–Kier alpha value is -1.95. The summed E-state index contributed by atoms with van der Waals surface area (Å²) >= 11 is 0. The minimum atomic E-state index is -4.38. The van der Waals surface area contributed by atoms with Crippen LogP contribution in [0.1, 0.15) is 34.8 Å². The lowest BCUT2D eigenvalue weighted by Gasteiger charge is -2.13. The first-order valence-corrected chi connectivity index (χ1v) is 6.81. The van der Waals surface area contributed by atoms with Gasteiger partial charge in [-0.3, -0.25) is 4.98 Å². The molecule has 22 heavy (non-hydrogen) atoms. The molecule has 1 atom stereocenters. The highest BCUT2D eigenvalue weighted by molar-refractivity contribution is 5.26. The first-order chi connectivity index (χ1) is 10.3. The van der Waals surface area contributed by atoms with Crippen LogP contribution in [0.4, 0.5) is 17.6 Å². The Kier molecular flexibility index (Phi) is 4.81. The smallest absolute Gasteiger partial charge is 0.324 e. The van der Waals surface area contributed by atoms with Crippen LogP contribution in [-0.2, 0) is 12.6 Å². The molecule has 0 aliphatic carbocycles. The number of hydrogen-bond donors (Lipinski definition) is 1. The van der Waals surface area contributed by atoms with Crippen LogP contribution in [0, 0.1) is 12.7 Å². The fraction of sp³-hybridized carbons (Fsp3) is 0.312. The molecule has 2 nitrogen and oxygen atoms in total. The first kappa shape index (κ1) is 16.4. The molecular weight excluding hydrogens is 296 g/mol. The number of hydrogen-bond acceptors (Lipinski definition) is 2. The van der Waals surface area contributed by atoms with Crippen molar-refractivity contribution in [3.05, 3.63) is 64.7 Å². The maximum atomic E-state index is 13.2. The SMILES string of the molecule is Cc1cc(C(N)CCc2ccc(C(F)(F)F)cn2)ccc1F. The van der Waals surface area contributed by atoms with Crippen LogP contribution in [0.3, 0.4) is 0 Å². The average Bonchev–Trinajstić information content (AvgIpc) is 2.47. The first-order valence-electron chi connectivity index (χ1n) is 6.81. The highest BCUT2D eigenvalue weighted by atomic mass is 19.4. The molecule has 0 fully saturated rings. The molecule has 2 aromatic rings. The zero-order chi connectivity index (χ0) is 16.3. The number of pyridine rings is 1. The lowest BCUT2D eigenvalue weighted by molar-refractivity contribution is -0.137. The van der Waals surface area contributed by atoms with Gasteiger partial charge >= 0.3 is 6.18 Å². The van der Waals surface area contributed by atoms with Crippen molar-refractivity contribution in [3.63, 3.8) is 0 Å². The van der Waals surface area contributed by atoms with Gasteiger partial charge in [-0.1, -0.05) is 12.1 Å². The Morgan fingerprint density at radius 1 is 1.18 bits per heavy atom. The van der Waals surface area contributed by atoms with Gasteiger partial charge < -0.3 is 5.73 Å². The van der Waals surface area contributed by atoms with E-state index < -0.39 is 11.7 Å². The molecule has 1 aromatic carbocycles. The van der Waals surface area contributed by atoms with E-state index in [4.69, 9.17) is 5.73 Å². The summed E-state index contributed by atoms with van der Waals surface area (Å²) in [5, 5.41) is 0. The molecule has 2 N–H and O–H groups in total. The molecule has 1 aromatic heterocycles. The summed E-state index contributed by atoms with van der Waals surface area (Å²) in [5.74, 6) is -0.291. The molecule has 0 radical (unpaired) electrons. The van der Waals surface area contributed by atoms with E-state index in [-0.39, 0.29) is 11.9 Å². The zero-order valence-corrected chi connectivity index (χ0v) is 12.0. The van der Waals surface area contributed by atoms with E-state index in [1.807, 2.05) is 0 Å². The van der Waals surface area contributed by atoms with E-state index in [1.165, 1.54) is 12.1 Å². The van der Waals surface area contributed by atoms with Crippen molar-refractivity contribution >= 4 is 0 Å². The standard InChI is InChI=1S/C16H16F4N2/c1-10-8-11(2-6-14(10)17)15(21)7-5-13-4-3-12(9-22-13)16(18,19)20/h2-4,6,8-9,15H,5,7,21H2,1H3. The summed E-state index contributed by atoms with van der Waals surface area (Å²) in [5.41, 5.74) is 7.12. The molecular formula is C16H16F4N2. The van der Waals surface area contributed by atoms with Gasteiger partial charge in [-0.25, -0.2) is 4.39 Å². The van der Waals surface area contributed by atoms with Crippen molar-refractivity contribution in [3.8, 4) is 0 Å². The van der Waals surface area contributed by atoms with Crippen LogP contribution in [0.5, 0.6) is 0 Å². The number of benzene rings is 1. The Bertz CT molecular complexity index is 636. The van der Waals surface area contributed by atoms with E-state index in [9.17, 15) is 17.6 Å². The molecule has 1 unspecified atom stereocenters. The van der Waals surface area contributed by atoms with E-state index in [0.717, 1.165) is 17.8 Å². The molecule has 118 valence electrons. The van der Waals surface area contributed by atoms with E-state index >= 15 is 0 Å².